The second-order valence-electron chi connectivity index (χ2n) is 6.19. The molecule has 16 heavy (non-hydrogen) atoms. The maximum atomic E-state index is 5.80. The lowest BCUT2D eigenvalue weighted by atomic mass is 9.89. The highest BCUT2D eigenvalue weighted by Gasteiger charge is 2.19. The van der Waals surface area contributed by atoms with Crippen LogP contribution in [-0.4, -0.2) is 37.2 Å². The highest BCUT2D eigenvalue weighted by atomic mass is 16.5. The number of ether oxygens (including phenoxy) is 1. The van der Waals surface area contributed by atoms with Gasteiger partial charge in [0.2, 0.25) is 0 Å². The molecule has 1 aliphatic rings. The molecule has 1 heterocycles. The molecule has 0 radical (unpaired) electrons. The summed E-state index contributed by atoms with van der Waals surface area (Å²) in [7, 11) is 0. The first-order valence-corrected chi connectivity index (χ1v) is 6.85. The zero-order chi connectivity index (χ0) is 12.0. The Labute approximate surface area is 101 Å². The Hall–Kier alpha value is -0.0800. The van der Waals surface area contributed by atoms with Gasteiger partial charge in [0.15, 0.2) is 0 Å². The Balaban J connectivity index is 2.08. The van der Waals surface area contributed by atoms with Crippen molar-refractivity contribution in [1.29, 1.82) is 0 Å². The van der Waals surface area contributed by atoms with E-state index in [9.17, 15) is 0 Å². The highest BCUT2D eigenvalue weighted by Crippen LogP contribution is 2.23. The first-order valence-electron chi connectivity index (χ1n) is 6.85. The van der Waals surface area contributed by atoms with Crippen molar-refractivity contribution in [2.75, 3.05) is 26.2 Å². The van der Waals surface area contributed by atoms with Crippen molar-refractivity contribution in [3.05, 3.63) is 0 Å². The molecule has 0 N–H and O–H groups in total. The third kappa shape index (κ3) is 5.86. The summed E-state index contributed by atoms with van der Waals surface area (Å²) in [6, 6.07) is 0. The molecular weight excluding hydrogens is 198 g/mol. The summed E-state index contributed by atoms with van der Waals surface area (Å²) in [4.78, 5) is 2.50. The van der Waals surface area contributed by atoms with E-state index in [1.54, 1.807) is 0 Å². The second-order valence-corrected chi connectivity index (χ2v) is 6.19. The van der Waals surface area contributed by atoms with Crippen molar-refractivity contribution in [2.45, 2.75) is 59.5 Å². The van der Waals surface area contributed by atoms with Gasteiger partial charge in [-0.15, -0.1) is 0 Å². The molecular formula is C14H29NO. The minimum atomic E-state index is 0.489. The third-order valence-corrected chi connectivity index (χ3v) is 3.37. The van der Waals surface area contributed by atoms with Crippen molar-refractivity contribution in [1.82, 2.24) is 4.90 Å². The molecule has 1 saturated heterocycles. The second kappa shape index (κ2) is 6.61. The average Bonchev–Trinajstić information content (AvgIpc) is 2.23. The zero-order valence-electron chi connectivity index (χ0n) is 11.6. The van der Waals surface area contributed by atoms with Crippen LogP contribution >= 0.6 is 0 Å². The Morgan fingerprint density at radius 1 is 1.25 bits per heavy atom. The number of nitrogens with zero attached hydrogens (tertiary/aromatic N) is 1. The van der Waals surface area contributed by atoms with Gasteiger partial charge < -0.3 is 4.74 Å². The average molecular weight is 227 g/mol. The van der Waals surface area contributed by atoms with Crippen molar-refractivity contribution in [3.63, 3.8) is 0 Å². The van der Waals surface area contributed by atoms with Gasteiger partial charge >= 0.3 is 0 Å². The Morgan fingerprint density at radius 2 is 2.00 bits per heavy atom. The van der Waals surface area contributed by atoms with Gasteiger partial charge in [0.25, 0.3) is 0 Å². The number of hydrogen-bond acceptors (Lipinski definition) is 2. The number of hydrogen-bond donors (Lipinski definition) is 0. The molecule has 0 bridgehead atoms. The standard InChI is InChI=1S/C14H29NO/c1-5-15-10-11-16-13(12-15)8-6-7-9-14(2,3)4/h13H,5-12H2,1-4H3/t13-/m0/s1. The summed E-state index contributed by atoms with van der Waals surface area (Å²) >= 11 is 0. The smallest absolute Gasteiger partial charge is 0.0702 e. The molecule has 1 rings (SSSR count). The molecule has 2 nitrogen and oxygen atoms in total. The Kier molecular flexibility index (Phi) is 5.77. The molecule has 0 spiro atoms. The fraction of sp³-hybridized carbons (Fsp3) is 1.00. The predicted octanol–water partition coefficient (Wildman–Crippen LogP) is 3.31. The topological polar surface area (TPSA) is 12.5 Å². The Morgan fingerprint density at radius 3 is 2.62 bits per heavy atom. The number of rotatable bonds is 5. The minimum Gasteiger partial charge on any atom is -0.376 e. The molecule has 2 heteroatoms. The lowest BCUT2D eigenvalue weighted by Crippen LogP contribution is -2.42. The molecule has 1 aliphatic heterocycles. The molecule has 0 aromatic heterocycles. The number of likely N-dealkylation sites (N-methyl/N-ethyl adjacent to an activating group) is 1. The van der Waals surface area contributed by atoms with Crippen molar-refractivity contribution in [3.8, 4) is 0 Å². The molecule has 1 fully saturated rings. The molecule has 0 unspecified atom stereocenters. The van der Waals surface area contributed by atoms with Crippen LogP contribution in [0.2, 0.25) is 0 Å². The van der Waals surface area contributed by atoms with Crippen LogP contribution in [0.4, 0.5) is 0 Å². The van der Waals surface area contributed by atoms with E-state index in [0.717, 1.165) is 19.7 Å². The van der Waals surface area contributed by atoms with E-state index in [0.29, 0.717) is 11.5 Å². The first-order chi connectivity index (χ1) is 7.51. The van der Waals surface area contributed by atoms with Crippen LogP contribution < -0.4 is 0 Å². The Bertz CT molecular complexity index is 186. The van der Waals surface area contributed by atoms with Crippen LogP contribution in [0, 0.1) is 5.41 Å². The largest absolute Gasteiger partial charge is 0.376 e. The van der Waals surface area contributed by atoms with Crippen LogP contribution in [-0.2, 0) is 4.74 Å². The van der Waals surface area contributed by atoms with E-state index in [-0.39, 0.29) is 0 Å². The van der Waals surface area contributed by atoms with Crippen molar-refractivity contribution >= 4 is 0 Å². The first kappa shape index (κ1) is 14.0. The van der Waals surface area contributed by atoms with Gasteiger partial charge in [-0.25, -0.2) is 0 Å². The van der Waals surface area contributed by atoms with E-state index in [1.807, 2.05) is 0 Å². The van der Waals surface area contributed by atoms with Gasteiger partial charge in [-0.2, -0.15) is 0 Å². The zero-order valence-corrected chi connectivity index (χ0v) is 11.6. The van der Waals surface area contributed by atoms with Crippen molar-refractivity contribution in [2.24, 2.45) is 5.41 Å². The fourth-order valence-electron chi connectivity index (χ4n) is 2.27. The van der Waals surface area contributed by atoms with E-state index in [1.165, 1.54) is 32.2 Å². The summed E-state index contributed by atoms with van der Waals surface area (Å²) < 4.78 is 5.80. The van der Waals surface area contributed by atoms with Crippen LogP contribution in [0.3, 0.4) is 0 Å². The highest BCUT2D eigenvalue weighted by molar-refractivity contribution is 4.71. The summed E-state index contributed by atoms with van der Waals surface area (Å²) in [5.41, 5.74) is 0.489. The van der Waals surface area contributed by atoms with Crippen LogP contribution in [0.1, 0.15) is 53.4 Å². The van der Waals surface area contributed by atoms with E-state index >= 15 is 0 Å². The van der Waals surface area contributed by atoms with Crippen LogP contribution in [0.5, 0.6) is 0 Å². The number of morpholine rings is 1. The van der Waals surface area contributed by atoms with E-state index in [4.69, 9.17) is 4.74 Å². The minimum absolute atomic E-state index is 0.489. The van der Waals surface area contributed by atoms with E-state index in [2.05, 4.69) is 32.6 Å². The molecule has 1 atom stereocenters. The summed E-state index contributed by atoms with van der Waals surface area (Å²) in [6.07, 6.45) is 5.73. The quantitative estimate of drug-likeness (QED) is 0.668. The van der Waals surface area contributed by atoms with Gasteiger partial charge in [-0.3, -0.25) is 4.90 Å². The summed E-state index contributed by atoms with van der Waals surface area (Å²) in [5, 5.41) is 0. The van der Waals surface area contributed by atoms with Crippen LogP contribution in [0.15, 0.2) is 0 Å². The van der Waals surface area contributed by atoms with Crippen molar-refractivity contribution < 1.29 is 4.74 Å². The molecule has 0 amide bonds. The fourth-order valence-corrected chi connectivity index (χ4v) is 2.27. The number of unbranched alkanes of at least 4 members (excludes halogenated alkanes) is 1. The lowest BCUT2D eigenvalue weighted by molar-refractivity contribution is -0.0314. The molecule has 96 valence electrons. The van der Waals surface area contributed by atoms with E-state index < -0.39 is 0 Å². The summed E-state index contributed by atoms with van der Waals surface area (Å²) in [5.74, 6) is 0. The molecule has 0 saturated carbocycles. The lowest BCUT2D eigenvalue weighted by Gasteiger charge is -2.32. The van der Waals surface area contributed by atoms with Gasteiger partial charge in [-0.05, 0) is 24.8 Å². The molecule has 0 aromatic carbocycles. The maximum Gasteiger partial charge on any atom is 0.0702 e. The van der Waals surface area contributed by atoms with Crippen LogP contribution in [0.25, 0.3) is 0 Å². The maximum absolute atomic E-state index is 5.80. The van der Waals surface area contributed by atoms with Gasteiger partial charge in [0, 0.05) is 13.1 Å². The SMILES string of the molecule is CCN1CCO[C@@H](CCCCC(C)(C)C)C1. The van der Waals surface area contributed by atoms with Gasteiger partial charge in [0.05, 0.1) is 12.7 Å². The third-order valence-electron chi connectivity index (χ3n) is 3.37. The van der Waals surface area contributed by atoms with Gasteiger partial charge in [-0.1, -0.05) is 40.5 Å². The summed E-state index contributed by atoms with van der Waals surface area (Å²) in [6.45, 7) is 13.6. The predicted molar refractivity (Wildman–Crippen MR) is 69.8 cm³/mol. The molecule has 0 aliphatic carbocycles. The normalized spacial score (nSPS) is 23.6. The molecule has 0 aromatic rings. The monoisotopic (exact) mass is 227 g/mol. The van der Waals surface area contributed by atoms with Gasteiger partial charge in [0.1, 0.15) is 0 Å².